The Balaban J connectivity index is 1.31. The van der Waals surface area contributed by atoms with Crippen LogP contribution in [0.5, 0.6) is 5.75 Å². The van der Waals surface area contributed by atoms with Crippen LogP contribution in [0.25, 0.3) is 0 Å². The maximum absolute atomic E-state index is 14.0. The van der Waals surface area contributed by atoms with Crippen molar-refractivity contribution in [1.29, 1.82) is 0 Å². The summed E-state index contributed by atoms with van der Waals surface area (Å²) in [6.07, 6.45) is 3.81. The van der Waals surface area contributed by atoms with Gasteiger partial charge in [-0.1, -0.05) is 6.07 Å². The molecule has 2 aromatic rings. The van der Waals surface area contributed by atoms with Gasteiger partial charge in [0.1, 0.15) is 11.6 Å². The largest absolute Gasteiger partial charge is 0.508 e. The van der Waals surface area contributed by atoms with Gasteiger partial charge in [0.25, 0.3) is 0 Å². The highest BCUT2D eigenvalue weighted by Gasteiger charge is 2.32. The van der Waals surface area contributed by atoms with Crippen molar-refractivity contribution < 1.29 is 9.50 Å². The van der Waals surface area contributed by atoms with Crippen LogP contribution in [0, 0.1) is 5.82 Å². The average Bonchev–Trinajstić information content (AvgIpc) is 2.71. The van der Waals surface area contributed by atoms with Gasteiger partial charge in [-0.25, -0.2) is 9.37 Å². The number of phenolic OH excluding ortho intramolecular Hbond substituents is 1. The van der Waals surface area contributed by atoms with Crippen LogP contribution in [0.2, 0.25) is 0 Å². The molecule has 8 heteroatoms. The van der Waals surface area contributed by atoms with Crippen LogP contribution >= 0.6 is 0 Å². The number of piperidine rings is 1. The van der Waals surface area contributed by atoms with Gasteiger partial charge in [0, 0.05) is 49.9 Å². The lowest BCUT2D eigenvalue weighted by molar-refractivity contribution is 0.0687. The number of rotatable bonds is 4. The first kappa shape index (κ1) is 20.7. The van der Waals surface area contributed by atoms with E-state index in [2.05, 4.69) is 26.6 Å². The molecule has 5 N–H and O–H groups in total. The second-order valence-corrected chi connectivity index (χ2v) is 8.50. The minimum absolute atomic E-state index is 0.0287. The molecule has 2 aliphatic rings. The molecule has 162 valence electrons. The third kappa shape index (κ3) is 4.44. The summed E-state index contributed by atoms with van der Waals surface area (Å²) in [5, 5.41) is 9.39. The highest BCUT2D eigenvalue weighted by atomic mass is 19.1. The number of aromatic nitrogens is 1. The van der Waals surface area contributed by atoms with E-state index < -0.39 is 0 Å². The fraction of sp³-hybridized carbons (Fsp3) is 0.500. The summed E-state index contributed by atoms with van der Waals surface area (Å²) in [6, 6.07) is 7.13. The molecule has 4 rings (SSSR count). The van der Waals surface area contributed by atoms with Crippen molar-refractivity contribution in [2.24, 2.45) is 0 Å². The molecular formula is C22H31FN6O. The Morgan fingerprint density at radius 2 is 1.90 bits per heavy atom. The van der Waals surface area contributed by atoms with Gasteiger partial charge in [-0.15, -0.1) is 0 Å². The molecule has 3 heterocycles. The molecule has 0 bridgehead atoms. The summed E-state index contributed by atoms with van der Waals surface area (Å²) >= 11 is 0. The molecule has 1 aromatic carbocycles. The maximum atomic E-state index is 14.0. The van der Waals surface area contributed by atoms with E-state index in [0.29, 0.717) is 35.6 Å². The Hall–Kier alpha value is -2.58. The molecule has 0 saturated carbocycles. The number of aromatic hydroxyl groups is 1. The van der Waals surface area contributed by atoms with Gasteiger partial charge in [-0.05, 0) is 45.0 Å². The zero-order valence-corrected chi connectivity index (χ0v) is 17.5. The molecule has 0 spiro atoms. The third-order valence-corrected chi connectivity index (χ3v) is 6.35. The minimum atomic E-state index is -0.336. The zero-order chi connectivity index (χ0) is 21.3. The van der Waals surface area contributed by atoms with Crippen molar-refractivity contribution >= 4 is 17.2 Å². The summed E-state index contributed by atoms with van der Waals surface area (Å²) in [5.74, 6) is 0.456. The van der Waals surface area contributed by atoms with E-state index in [4.69, 9.17) is 11.5 Å². The number of pyridine rings is 1. The minimum Gasteiger partial charge on any atom is -0.508 e. The number of phenols is 1. The number of nitrogens with zero attached hydrogens (tertiary/aromatic N) is 4. The number of nitrogen functional groups attached to an aromatic ring is 2. The van der Waals surface area contributed by atoms with E-state index in [1.54, 1.807) is 24.4 Å². The van der Waals surface area contributed by atoms with E-state index >= 15 is 0 Å². The predicted molar refractivity (Wildman–Crippen MR) is 118 cm³/mol. The van der Waals surface area contributed by atoms with Gasteiger partial charge in [0.2, 0.25) is 0 Å². The highest BCUT2D eigenvalue weighted by Crippen LogP contribution is 2.28. The van der Waals surface area contributed by atoms with E-state index in [1.807, 2.05) is 0 Å². The van der Waals surface area contributed by atoms with Gasteiger partial charge in [-0.3, -0.25) is 9.80 Å². The summed E-state index contributed by atoms with van der Waals surface area (Å²) in [5.41, 5.74) is 13.8. The topological polar surface area (TPSA) is 94.9 Å². The lowest BCUT2D eigenvalue weighted by Crippen LogP contribution is -2.57. The number of hydrogen-bond acceptors (Lipinski definition) is 7. The SMILES string of the molecule is CC1CN(c2ncc(N)cc2N)CCN1C1CCN(Cc2ccc(O)cc2F)CC1. The average molecular weight is 415 g/mol. The summed E-state index contributed by atoms with van der Waals surface area (Å²) in [7, 11) is 0. The molecule has 1 unspecified atom stereocenters. The van der Waals surface area contributed by atoms with Crippen LogP contribution in [0.15, 0.2) is 30.5 Å². The van der Waals surface area contributed by atoms with Crippen molar-refractivity contribution in [3.63, 3.8) is 0 Å². The monoisotopic (exact) mass is 414 g/mol. The van der Waals surface area contributed by atoms with Crippen molar-refractivity contribution in [3.05, 3.63) is 41.8 Å². The molecule has 30 heavy (non-hydrogen) atoms. The number of likely N-dealkylation sites (tertiary alicyclic amines) is 1. The van der Waals surface area contributed by atoms with Crippen molar-refractivity contribution in [2.75, 3.05) is 49.1 Å². The fourth-order valence-electron chi connectivity index (χ4n) is 4.78. The smallest absolute Gasteiger partial charge is 0.152 e. The highest BCUT2D eigenvalue weighted by molar-refractivity contribution is 5.67. The number of anilines is 3. The second kappa shape index (κ2) is 8.65. The number of halogens is 1. The van der Waals surface area contributed by atoms with Crippen LogP contribution in [-0.4, -0.2) is 64.7 Å². The molecular weight excluding hydrogens is 383 g/mol. The molecule has 2 fully saturated rings. The second-order valence-electron chi connectivity index (χ2n) is 8.50. The Morgan fingerprint density at radius 3 is 2.57 bits per heavy atom. The van der Waals surface area contributed by atoms with Crippen LogP contribution < -0.4 is 16.4 Å². The Bertz CT molecular complexity index is 886. The normalized spacial score (nSPS) is 21.8. The standard InChI is InChI=1S/C22H31FN6O/c1-15-13-28(22-21(25)10-17(24)12-26-22)8-9-29(15)18-4-6-27(7-5-18)14-16-2-3-19(30)11-20(16)23/h2-3,10-12,15,18,30H,4-9,13-14,24-25H2,1H3. The van der Waals surface area contributed by atoms with E-state index in [0.717, 1.165) is 51.4 Å². The van der Waals surface area contributed by atoms with Gasteiger partial charge in [0.15, 0.2) is 5.82 Å². The number of benzene rings is 1. The molecule has 1 atom stereocenters. The summed E-state index contributed by atoms with van der Waals surface area (Å²) in [4.78, 5) is 11.6. The molecule has 2 aliphatic heterocycles. The van der Waals surface area contributed by atoms with Gasteiger partial charge < -0.3 is 21.5 Å². The molecule has 0 aliphatic carbocycles. The van der Waals surface area contributed by atoms with Crippen LogP contribution in [0.1, 0.15) is 25.3 Å². The van der Waals surface area contributed by atoms with Crippen LogP contribution in [0.3, 0.4) is 0 Å². The van der Waals surface area contributed by atoms with Gasteiger partial charge in [0.05, 0.1) is 17.6 Å². The lowest BCUT2D eigenvalue weighted by Gasteiger charge is -2.47. The quantitative estimate of drug-likeness (QED) is 0.706. The van der Waals surface area contributed by atoms with E-state index in [1.165, 1.54) is 6.07 Å². The molecule has 0 radical (unpaired) electrons. The molecule has 1 aromatic heterocycles. The molecule has 0 amide bonds. The maximum Gasteiger partial charge on any atom is 0.152 e. The number of nitrogens with two attached hydrogens (primary N) is 2. The lowest BCUT2D eigenvalue weighted by atomic mass is 9.99. The first-order chi connectivity index (χ1) is 14.4. The Labute approximate surface area is 177 Å². The first-order valence-electron chi connectivity index (χ1n) is 10.6. The van der Waals surface area contributed by atoms with E-state index in [9.17, 15) is 9.50 Å². The fourth-order valence-corrected chi connectivity index (χ4v) is 4.78. The van der Waals surface area contributed by atoms with Crippen molar-refractivity contribution in [1.82, 2.24) is 14.8 Å². The Kier molecular flexibility index (Phi) is 5.97. The van der Waals surface area contributed by atoms with Crippen LogP contribution in [-0.2, 0) is 6.54 Å². The Morgan fingerprint density at radius 1 is 1.13 bits per heavy atom. The van der Waals surface area contributed by atoms with Crippen molar-refractivity contribution in [2.45, 2.75) is 38.4 Å². The van der Waals surface area contributed by atoms with Gasteiger partial charge >= 0.3 is 0 Å². The zero-order valence-electron chi connectivity index (χ0n) is 17.5. The number of hydrogen-bond donors (Lipinski definition) is 3. The van der Waals surface area contributed by atoms with Crippen LogP contribution in [0.4, 0.5) is 21.6 Å². The summed E-state index contributed by atoms with van der Waals surface area (Å²) < 4.78 is 14.0. The van der Waals surface area contributed by atoms with Gasteiger partial charge in [-0.2, -0.15) is 0 Å². The van der Waals surface area contributed by atoms with Crippen molar-refractivity contribution in [3.8, 4) is 5.75 Å². The number of piperazine rings is 1. The first-order valence-corrected chi connectivity index (χ1v) is 10.6. The van der Waals surface area contributed by atoms with E-state index in [-0.39, 0.29) is 11.6 Å². The molecule has 2 saturated heterocycles. The molecule has 7 nitrogen and oxygen atoms in total. The predicted octanol–water partition coefficient (Wildman–Crippen LogP) is 2.27. The third-order valence-electron chi connectivity index (χ3n) is 6.35. The summed E-state index contributed by atoms with van der Waals surface area (Å²) in [6.45, 7) is 7.51.